The third kappa shape index (κ3) is 4.61. The Balaban J connectivity index is 1.08. The summed E-state index contributed by atoms with van der Waals surface area (Å²) in [5.74, 6) is 0. The molecular weight excluding hydrogens is 613 g/mol. The Kier molecular flexibility index (Phi) is 6.82. The summed E-state index contributed by atoms with van der Waals surface area (Å²) in [5.41, 5.74) is 14.8. The Bertz CT molecular complexity index is 2660. The van der Waals surface area contributed by atoms with Gasteiger partial charge in [0, 0.05) is 0 Å². The summed E-state index contributed by atoms with van der Waals surface area (Å²) in [4.78, 5) is 0. The molecule has 0 heteroatoms. The van der Waals surface area contributed by atoms with E-state index in [1.165, 1.54) is 88.3 Å². The molecule has 9 aromatic carbocycles. The van der Waals surface area contributed by atoms with Gasteiger partial charge in [0.05, 0.1) is 5.41 Å². The first kappa shape index (κ1) is 29.4. The van der Waals surface area contributed by atoms with E-state index < -0.39 is 5.41 Å². The fraction of sp³-hybridized carbons (Fsp3) is 0.0196. The van der Waals surface area contributed by atoms with Crippen molar-refractivity contribution in [2.75, 3.05) is 0 Å². The van der Waals surface area contributed by atoms with Crippen LogP contribution in [-0.2, 0) is 5.41 Å². The zero-order valence-corrected chi connectivity index (χ0v) is 28.1. The van der Waals surface area contributed by atoms with Gasteiger partial charge in [-0.1, -0.05) is 206 Å². The third-order valence-electron chi connectivity index (χ3n) is 11.0. The van der Waals surface area contributed by atoms with Gasteiger partial charge in [-0.2, -0.15) is 0 Å². The van der Waals surface area contributed by atoms with Gasteiger partial charge in [-0.3, -0.25) is 0 Å². The van der Waals surface area contributed by atoms with Gasteiger partial charge in [-0.25, -0.2) is 0 Å². The van der Waals surface area contributed by atoms with Gasteiger partial charge in [0.25, 0.3) is 0 Å². The molecule has 0 nitrogen and oxygen atoms in total. The fourth-order valence-electron chi connectivity index (χ4n) is 8.63. The Morgan fingerprint density at radius 2 is 0.569 bits per heavy atom. The normalized spacial score (nSPS) is 12.9. The highest BCUT2D eigenvalue weighted by Gasteiger charge is 2.45. The lowest BCUT2D eigenvalue weighted by Gasteiger charge is -2.34. The minimum atomic E-state index is -0.443. The van der Waals surface area contributed by atoms with Crippen LogP contribution in [0.15, 0.2) is 206 Å². The Morgan fingerprint density at radius 1 is 0.235 bits per heavy atom. The van der Waals surface area contributed by atoms with E-state index in [1.54, 1.807) is 0 Å². The molecule has 9 aromatic rings. The lowest BCUT2D eigenvalue weighted by atomic mass is 9.67. The molecule has 0 saturated heterocycles. The molecular formula is C51H34. The van der Waals surface area contributed by atoms with E-state index in [0.717, 1.165) is 0 Å². The number of benzene rings is 9. The van der Waals surface area contributed by atoms with Crippen LogP contribution in [0.2, 0.25) is 0 Å². The summed E-state index contributed by atoms with van der Waals surface area (Å²) in [6.45, 7) is 0. The van der Waals surface area contributed by atoms with Crippen LogP contribution in [0.25, 0.3) is 66.1 Å². The van der Waals surface area contributed by atoms with Gasteiger partial charge in [-0.15, -0.1) is 0 Å². The first-order valence-corrected chi connectivity index (χ1v) is 17.8. The molecule has 0 bridgehead atoms. The fourth-order valence-corrected chi connectivity index (χ4v) is 8.63. The molecule has 0 aromatic heterocycles. The van der Waals surface area contributed by atoms with Crippen molar-refractivity contribution in [2.45, 2.75) is 5.41 Å². The van der Waals surface area contributed by atoms with Crippen molar-refractivity contribution in [3.63, 3.8) is 0 Å². The molecule has 10 rings (SSSR count). The van der Waals surface area contributed by atoms with Crippen molar-refractivity contribution in [3.8, 4) is 44.5 Å². The topological polar surface area (TPSA) is 0 Å². The average Bonchev–Trinajstić information content (AvgIpc) is 3.52. The molecule has 0 amide bonds. The van der Waals surface area contributed by atoms with Crippen LogP contribution in [0, 0.1) is 0 Å². The molecule has 0 radical (unpaired) electrons. The highest BCUT2D eigenvalue weighted by molar-refractivity contribution is 5.98. The molecule has 0 unspecified atom stereocenters. The van der Waals surface area contributed by atoms with Gasteiger partial charge in [0.2, 0.25) is 0 Å². The van der Waals surface area contributed by atoms with Crippen LogP contribution in [0.4, 0.5) is 0 Å². The standard InChI is InChI=1S/C51H34/c1-3-15-43-37(11-1)13-9-19-45(43)39-25-23-35(24-26-39)36-27-31-41(32-28-36)51(49-21-7-5-17-47(49)48-18-6-8-22-50(48)51)42-33-29-40(30-34-42)46-20-10-14-38-12-2-4-16-44(38)46/h1-34H. The van der Waals surface area contributed by atoms with Crippen LogP contribution < -0.4 is 0 Å². The van der Waals surface area contributed by atoms with E-state index in [9.17, 15) is 0 Å². The Hall–Kier alpha value is -6.50. The van der Waals surface area contributed by atoms with Gasteiger partial charge in [-0.05, 0) is 88.3 Å². The van der Waals surface area contributed by atoms with Crippen LogP contribution in [-0.4, -0.2) is 0 Å². The van der Waals surface area contributed by atoms with E-state index in [2.05, 4.69) is 206 Å². The van der Waals surface area contributed by atoms with Gasteiger partial charge in [0.15, 0.2) is 0 Å². The quantitative estimate of drug-likeness (QED) is 0.175. The van der Waals surface area contributed by atoms with Crippen LogP contribution >= 0.6 is 0 Å². The predicted octanol–water partition coefficient (Wildman–Crippen LogP) is 13.4. The summed E-state index contributed by atoms with van der Waals surface area (Å²) in [5, 5.41) is 5.09. The molecule has 1 aliphatic rings. The maximum Gasteiger partial charge on any atom is 0.0713 e. The molecule has 51 heavy (non-hydrogen) atoms. The average molecular weight is 647 g/mol. The van der Waals surface area contributed by atoms with E-state index in [-0.39, 0.29) is 0 Å². The molecule has 0 heterocycles. The zero-order valence-electron chi connectivity index (χ0n) is 28.1. The third-order valence-corrected chi connectivity index (χ3v) is 11.0. The smallest absolute Gasteiger partial charge is 0.0619 e. The molecule has 0 atom stereocenters. The van der Waals surface area contributed by atoms with Crippen LogP contribution in [0.3, 0.4) is 0 Å². The number of hydrogen-bond acceptors (Lipinski definition) is 0. The summed E-state index contributed by atoms with van der Waals surface area (Å²) in [6, 6.07) is 76.0. The molecule has 0 aliphatic heterocycles. The second kappa shape index (κ2) is 11.8. The second-order valence-corrected chi connectivity index (χ2v) is 13.6. The van der Waals surface area contributed by atoms with Crippen molar-refractivity contribution in [1.82, 2.24) is 0 Å². The van der Waals surface area contributed by atoms with Crippen molar-refractivity contribution < 1.29 is 0 Å². The zero-order chi connectivity index (χ0) is 33.8. The van der Waals surface area contributed by atoms with Crippen LogP contribution in [0.5, 0.6) is 0 Å². The number of fused-ring (bicyclic) bond motifs is 5. The predicted molar refractivity (Wildman–Crippen MR) is 215 cm³/mol. The van der Waals surface area contributed by atoms with E-state index >= 15 is 0 Å². The second-order valence-electron chi connectivity index (χ2n) is 13.6. The van der Waals surface area contributed by atoms with Crippen molar-refractivity contribution >= 4 is 21.5 Å². The summed E-state index contributed by atoms with van der Waals surface area (Å²) < 4.78 is 0. The first-order valence-electron chi connectivity index (χ1n) is 17.8. The van der Waals surface area contributed by atoms with Crippen molar-refractivity contribution in [3.05, 3.63) is 229 Å². The Morgan fingerprint density at radius 3 is 1.06 bits per heavy atom. The molecule has 0 saturated carbocycles. The molecule has 238 valence electrons. The maximum absolute atomic E-state index is 2.36. The molecule has 1 aliphatic carbocycles. The largest absolute Gasteiger partial charge is 0.0713 e. The molecule has 0 fully saturated rings. The van der Waals surface area contributed by atoms with Crippen LogP contribution in [0.1, 0.15) is 22.3 Å². The molecule has 0 N–H and O–H groups in total. The highest BCUT2D eigenvalue weighted by Crippen LogP contribution is 2.56. The minimum absolute atomic E-state index is 0.443. The van der Waals surface area contributed by atoms with Gasteiger partial charge >= 0.3 is 0 Å². The monoisotopic (exact) mass is 646 g/mol. The molecule has 0 spiro atoms. The SMILES string of the molecule is c1ccc2c(c1)-c1ccccc1C2(c1ccc(-c2ccc(-c3cccc4ccccc34)cc2)cc1)c1ccc(-c2cccc3ccccc23)cc1. The summed E-state index contributed by atoms with van der Waals surface area (Å²) in [6.07, 6.45) is 0. The van der Waals surface area contributed by atoms with E-state index in [0.29, 0.717) is 0 Å². The van der Waals surface area contributed by atoms with E-state index in [4.69, 9.17) is 0 Å². The van der Waals surface area contributed by atoms with Crippen molar-refractivity contribution in [1.29, 1.82) is 0 Å². The minimum Gasteiger partial charge on any atom is -0.0619 e. The number of rotatable bonds is 5. The van der Waals surface area contributed by atoms with E-state index in [1.807, 2.05) is 0 Å². The first-order chi connectivity index (χ1) is 25.3. The summed E-state index contributed by atoms with van der Waals surface area (Å²) in [7, 11) is 0. The highest BCUT2D eigenvalue weighted by atomic mass is 14.5. The van der Waals surface area contributed by atoms with Gasteiger partial charge < -0.3 is 0 Å². The van der Waals surface area contributed by atoms with Gasteiger partial charge in [0.1, 0.15) is 0 Å². The maximum atomic E-state index is 2.36. The van der Waals surface area contributed by atoms with Crippen molar-refractivity contribution in [2.24, 2.45) is 0 Å². The Labute approximate surface area is 298 Å². The lowest BCUT2D eigenvalue weighted by Crippen LogP contribution is -2.28. The lowest BCUT2D eigenvalue weighted by molar-refractivity contribution is 0.769. The summed E-state index contributed by atoms with van der Waals surface area (Å²) >= 11 is 0. The number of hydrogen-bond donors (Lipinski definition) is 0.